The summed E-state index contributed by atoms with van der Waals surface area (Å²) in [4.78, 5) is 122. The van der Waals surface area contributed by atoms with Gasteiger partial charge in [0.05, 0.1) is 26.3 Å². The van der Waals surface area contributed by atoms with Crippen LogP contribution in [0.1, 0.15) is 72.6 Å². The first-order valence-corrected chi connectivity index (χ1v) is 40.4. The summed E-state index contributed by atoms with van der Waals surface area (Å²) in [7, 11) is 0. The van der Waals surface area contributed by atoms with Crippen LogP contribution in [0.4, 0.5) is 67.2 Å². The van der Waals surface area contributed by atoms with Crippen molar-refractivity contribution in [1.29, 1.82) is 0 Å². The molecule has 8 aliphatic rings. The third-order valence-electron chi connectivity index (χ3n) is 23.0. The molecule has 8 N–H and O–H groups in total. The second-order valence-corrected chi connectivity index (χ2v) is 32.7. The standard InChI is InChI=1S/C22H25ClN6O.C19H15ClF4N6O.2C19H16ClF3N6O.H2/c1-2-7-25-22(30)19-15-5-3-4-13(15)12-29(19)18-6-8-24-21(28-18)17-11-27-20-16(17)9-14(23)10-26-20;20-9-3-10-11(5-26-15(10)25-4-9)16-27-6-12(21)17(29-16)30-13-1-8(13)2-14(30)18(31)28-7-19(22,23)24;2*20-10-5-11-12(7-26-16(11)25-6-10)17-24-2-1-15(28-17)29-13-3-9(13)4-14(29)18(30)27-8-19(21,22)23;/h6,8-11,13,15,19H,2-5,7,12H2,1H3,(H,25,30)(H,26,27);3-6,8,13-14H,1-2,7H2,(H,25,26)(H,28,31);2*1-2,5-7,9,13-14H,3-4,8H2,(H,25,26)(H,27,30);1H/t13-,15-,19-;8-,13-,14-;2*9-,13-,14-;/m1111./s1. The number of H-pyrrole nitrogens is 4. The molecule has 0 radical (unpaired) electrons. The lowest BCUT2D eigenvalue weighted by Gasteiger charge is -2.28. The number of rotatable bonds is 17. The topological polar surface area (TPSA) is 347 Å². The van der Waals surface area contributed by atoms with Gasteiger partial charge in [0.2, 0.25) is 23.6 Å². The summed E-state index contributed by atoms with van der Waals surface area (Å²) in [6, 6.07) is 9.92. The Bertz CT molecular complexity index is 5790. The minimum atomic E-state index is -4.53. The summed E-state index contributed by atoms with van der Waals surface area (Å²) in [6.07, 6.45) is 13.9. The number of hydrogen-bond donors (Lipinski definition) is 8. The average molecular weight is 1760 g/mol. The number of carbonyl (C=O) groups excluding carboxylic acids is 4. The van der Waals surface area contributed by atoms with Crippen LogP contribution in [0.2, 0.25) is 20.1 Å². The summed E-state index contributed by atoms with van der Waals surface area (Å²) in [5, 5.41) is 14.0. The van der Waals surface area contributed by atoms with Gasteiger partial charge in [0.1, 0.15) is 83.8 Å². The van der Waals surface area contributed by atoms with Gasteiger partial charge in [-0.3, -0.25) is 19.2 Å². The van der Waals surface area contributed by atoms with Crippen LogP contribution in [0.3, 0.4) is 0 Å². The minimum Gasteiger partial charge on any atom is -0.354 e. The molecule has 16 heterocycles. The lowest BCUT2D eigenvalue weighted by atomic mass is 9.93. The Hall–Kier alpha value is -11.4. The monoisotopic (exact) mass is 1750 g/mol. The van der Waals surface area contributed by atoms with E-state index in [0.29, 0.717) is 138 Å². The normalized spacial score (nSPS) is 22.9. The second-order valence-electron chi connectivity index (χ2n) is 31.0. The molecule has 0 spiro atoms. The molecule has 20 rings (SSSR count). The molecule has 12 atom stereocenters. The van der Waals surface area contributed by atoms with Crippen molar-refractivity contribution in [3.05, 3.63) is 143 Å². The van der Waals surface area contributed by atoms with Crippen molar-refractivity contribution in [2.45, 2.75) is 132 Å². The Morgan fingerprint density at radius 2 is 0.810 bits per heavy atom. The fraction of sp³-hybridized carbons (Fsp3) is 0.392. The molecule has 4 amide bonds. The van der Waals surface area contributed by atoms with E-state index in [2.05, 4.69) is 91.9 Å². The Morgan fingerprint density at radius 1 is 0.446 bits per heavy atom. The predicted octanol–water partition coefficient (Wildman–Crippen LogP) is 14.1. The maximum absolute atomic E-state index is 14.7. The fourth-order valence-electron chi connectivity index (χ4n) is 17.4. The number of alkyl halides is 9. The van der Waals surface area contributed by atoms with Gasteiger partial charge in [0.15, 0.2) is 34.9 Å². The van der Waals surface area contributed by atoms with Gasteiger partial charge in [-0.05, 0) is 130 Å². The molecule has 12 aromatic heterocycles. The molecule has 28 nitrogen and oxygen atoms in total. The number of amides is 4. The molecule has 0 aromatic carbocycles. The number of halogens is 14. The molecule has 4 saturated carbocycles. The van der Waals surface area contributed by atoms with Crippen LogP contribution in [-0.4, -0.2) is 197 Å². The first-order chi connectivity index (χ1) is 58.0. The fourth-order valence-corrected chi connectivity index (χ4v) is 18.0. The molecule has 8 fully saturated rings. The van der Waals surface area contributed by atoms with Gasteiger partial charge < -0.3 is 60.8 Å². The molecule has 42 heteroatoms. The van der Waals surface area contributed by atoms with Crippen molar-refractivity contribution in [3.8, 4) is 45.6 Å². The van der Waals surface area contributed by atoms with E-state index in [4.69, 9.17) is 51.4 Å². The molecule has 121 heavy (non-hydrogen) atoms. The second kappa shape index (κ2) is 32.9. The minimum absolute atomic E-state index is 0. The van der Waals surface area contributed by atoms with Gasteiger partial charge in [-0.15, -0.1) is 0 Å². The van der Waals surface area contributed by atoms with E-state index in [-0.39, 0.29) is 49.1 Å². The predicted molar refractivity (Wildman–Crippen MR) is 431 cm³/mol. The van der Waals surface area contributed by atoms with Crippen molar-refractivity contribution in [1.82, 2.24) is 101 Å². The van der Waals surface area contributed by atoms with Crippen molar-refractivity contribution in [3.63, 3.8) is 0 Å². The zero-order valence-electron chi connectivity index (χ0n) is 63.6. The van der Waals surface area contributed by atoms with Gasteiger partial charge in [-0.1, -0.05) is 59.7 Å². The maximum Gasteiger partial charge on any atom is 0.405 e. The number of aromatic nitrogens is 16. The third-order valence-corrected chi connectivity index (χ3v) is 23.8. The SMILES string of the molecule is CCCNC(=O)[C@H]1[C@@H]2CCC[C@@H]2CN1c1ccnc(-c2c[nH]c3ncc(Cl)cc23)n1.O=C(NCC(F)(F)F)[C@H]1C[C@H]2C[C@H]2N1c1ccnc(-c2c[nH]c3ncc(Cl)cc23)n1.O=C(NCC(F)(F)F)[C@H]1C[C@H]2C[C@H]2N1c1ccnc(-c2c[nH]c3ncc(Cl)cc23)n1.O=C(NCC(F)(F)F)[C@H]1C[C@H]2C[C@H]2N1c1nc(-c2c[nH]c3ncc(Cl)cc23)ncc1F.[HH]. The van der Waals surface area contributed by atoms with Crippen LogP contribution < -0.4 is 40.9 Å². The van der Waals surface area contributed by atoms with Gasteiger partial charge in [-0.25, -0.2) is 64.2 Å². The summed E-state index contributed by atoms with van der Waals surface area (Å²) in [6.45, 7) is -0.477. The number of carbonyl (C=O) groups is 4. The van der Waals surface area contributed by atoms with E-state index in [1.807, 2.05) is 44.1 Å². The third kappa shape index (κ3) is 17.5. The van der Waals surface area contributed by atoms with Gasteiger partial charge >= 0.3 is 18.5 Å². The first kappa shape index (κ1) is 82.0. The number of nitrogens with one attached hydrogen (secondary N) is 8. The molecule has 12 aromatic rings. The molecular formula is C79H74Cl4F10N24O4. The average Bonchev–Trinajstić information content (AvgIpc) is 1.59. The molecule has 4 aliphatic carbocycles. The van der Waals surface area contributed by atoms with Crippen molar-refractivity contribution in [2.75, 3.05) is 52.3 Å². The summed E-state index contributed by atoms with van der Waals surface area (Å²) in [5.74, 6) is 2.31. The largest absolute Gasteiger partial charge is 0.405 e. The molecule has 4 saturated heterocycles. The lowest BCUT2D eigenvalue weighted by molar-refractivity contribution is -0.139. The van der Waals surface area contributed by atoms with Gasteiger partial charge in [0.25, 0.3) is 0 Å². The number of hydrogen-bond acceptors (Lipinski definition) is 20. The lowest BCUT2D eigenvalue weighted by Crippen LogP contribution is -2.48. The smallest absolute Gasteiger partial charge is 0.354 e. The van der Waals surface area contributed by atoms with Crippen LogP contribution in [0.5, 0.6) is 0 Å². The number of piperidine rings is 3. The van der Waals surface area contributed by atoms with Crippen LogP contribution in [-0.2, 0) is 19.2 Å². The van der Waals surface area contributed by atoms with Crippen LogP contribution in [0.15, 0.2) is 117 Å². The van der Waals surface area contributed by atoms with E-state index < -0.39 is 79.8 Å². The Balaban J connectivity index is 0.000000120. The molecule has 632 valence electrons. The molecular weight excluding hydrogens is 1680 g/mol. The van der Waals surface area contributed by atoms with E-state index in [1.54, 1.807) is 73.7 Å². The van der Waals surface area contributed by atoms with E-state index in [1.165, 1.54) is 36.3 Å². The first-order valence-electron chi connectivity index (χ1n) is 38.9. The summed E-state index contributed by atoms with van der Waals surface area (Å²) in [5.41, 5.74) is 5.35. The van der Waals surface area contributed by atoms with Crippen LogP contribution >= 0.6 is 46.4 Å². The number of nitrogens with zero attached hydrogens (tertiary/aromatic N) is 16. The van der Waals surface area contributed by atoms with E-state index >= 15 is 0 Å². The molecule has 0 unspecified atom stereocenters. The highest BCUT2D eigenvalue weighted by Gasteiger charge is 2.58. The van der Waals surface area contributed by atoms with Gasteiger partial charge in [0, 0.05) is 145 Å². The van der Waals surface area contributed by atoms with Crippen molar-refractivity contribution >= 4 is 137 Å². The highest BCUT2D eigenvalue weighted by Crippen LogP contribution is 2.53. The Morgan fingerprint density at radius 3 is 1.20 bits per heavy atom. The van der Waals surface area contributed by atoms with Crippen molar-refractivity contribution < 1.29 is 64.5 Å². The van der Waals surface area contributed by atoms with Gasteiger partial charge in [-0.2, -0.15) is 39.5 Å². The molecule has 0 bridgehead atoms. The van der Waals surface area contributed by atoms with Crippen LogP contribution in [0.25, 0.3) is 89.7 Å². The number of anilines is 4. The van der Waals surface area contributed by atoms with E-state index in [0.717, 1.165) is 78.0 Å². The zero-order chi connectivity index (χ0) is 84.7. The van der Waals surface area contributed by atoms with Crippen molar-refractivity contribution in [2.24, 2.45) is 29.6 Å². The number of aromatic amines is 4. The number of fused-ring (bicyclic) bond motifs is 8. The highest BCUT2D eigenvalue weighted by atomic mass is 35.5. The maximum atomic E-state index is 14.7. The van der Waals surface area contributed by atoms with E-state index in [9.17, 15) is 63.1 Å². The quantitative estimate of drug-likeness (QED) is 0.0393. The Kier molecular flexibility index (Phi) is 22.3. The highest BCUT2D eigenvalue weighted by molar-refractivity contribution is 6.32. The summed E-state index contributed by atoms with van der Waals surface area (Å²) < 4.78 is 127. The van der Waals surface area contributed by atoms with Crippen LogP contribution in [0, 0.1) is 35.4 Å². The molecule has 4 aliphatic heterocycles. The zero-order valence-corrected chi connectivity index (χ0v) is 66.6. The Labute approximate surface area is 701 Å². The summed E-state index contributed by atoms with van der Waals surface area (Å²) >= 11 is 24.3. The number of pyridine rings is 4.